The molecule has 0 aliphatic rings. The van der Waals surface area contributed by atoms with E-state index in [-0.39, 0.29) is 30.3 Å². The minimum atomic E-state index is -3.92. The molecule has 0 unspecified atom stereocenters. The van der Waals surface area contributed by atoms with Crippen LogP contribution in [0.25, 0.3) is 0 Å². The van der Waals surface area contributed by atoms with Crippen LogP contribution in [0.3, 0.4) is 0 Å². The van der Waals surface area contributed by atoms with Crippen molar-refractivity contribution in [2.45, 2.75) is 19.3 Å². The van der Waals surface area contributed by atoms with Gasteiger partial charge in [0.1, 0.15) is 0 Å². The molecular weight excluding hydrogens is 210 g/mol. The average Bonchev–Trinajstić information content (AvgIpc) is 1.95. The van der Waals surface area contributed by atoms with Crippen LogP contribution in [0.5, 0.6) is 0 Å². The highest BCUT2D eigenvalue weighted by molar-refractivity contribution is 7.85. The van der Waals surface area contributed by atoms with Crippen LogP contribution in [0.15, 0.2) is 12.2 Å². The summed E-state index contributed by atoms with van der Waals surface area (Å²) in [5.41, 5.74) is 0.0512. The summed E-state index contributed by atoms with van der Waals surface area (Å²) in [4.78, 5) is 10.2. The predicted molar refractivity (Wildman–Crippen MR) is 52.1 cm³/mol. The van der Waals surface area contributed by atoms with Crippen LogP contribution in [-0.2, 0) is 14.9 Å². The Labute approximate surface area is 83.0 Å². The standard InChI is InChI=1S/C7H12O5S.H3N/c1-6(7(8)9)4-2-3-5-13(10,11)12;/h1-5H2,(H,8,9)(H,10,11,12);1H3. The zero-order valence-corrected chi connectivity index (χ0v) is 8.59. The Bertz CT molecular complexity index is 295. The quantitative estimate of drug-likeness (QED) is 0.349. The third kappa shape index (κ3) is 9.17. The molecule has 0 bridgehead atoms. The number of carboxylic acid groups (broad SMARTS) is 1. The Balaban J connectivity index is 0. The Morgan fingerprint density at radius 2 is 1.79 bits per heavy atom. The summed E-state index contributed by atoms with van der Waals surface area (Å²) < 4.78 is 28.8. The van der Waals surface area contributed by atoms with E-state index in [1.807, 2.05) is 0 Å². The first-order valence-corrected chi connectivity index (χ1v) is 5.30. The van der Waals surface area contributed by atoms with Gasteiger partial charge in [-0.15, -0.1) is 0 Å². The molecule has 7 heteroatoms. The third-order valence-electron chi connectivity index (χ3n) is 1.43. The van der Waals surface area contributed by atoms with Crippen LogP contribution in [0.2, 0.25) is 0 Å². The van der Waals surface area contributed by atoms with Crippen molar-refractivity contribution in [2.75, 3.05) is 5.75 Å². The number of carboxylic acids is 1. The molecule has 14 heavy (non-hydrogen) atoms. The lowest BCUT2D eigenvalue weighted by Crippen LogP contribution is -2.04. The van der Waals surface area contributed by atoms with Crippen molar-refractivity contribution < 1.29 is 22.9 Å². The fourth-order valence-electron chi connectivity index (χ4n) is 0.730. The van der Waals surface area contributed by atoms with Gasteiger partial charge >= 0.3 is 5.97 Å². The highest BCUT2D eigenvalue weighted by Gasteiger charge is 2.06. The van der Waals surface area contributed by atoms with Gasteiger partial charge in [0.05, 0.1) is 5.75 Å². The molecule has 0 rings (SSSR count). The van der Waals surface area contributed by atoms with E-state index >= 15 is 0 Å². The fraction of sp³-hybridized carbons (Fsp3) is 0.571. The van der Waals surface area contributed by atoms with Gasteiger partial charge in [-0.1, -0.05) is 6.58 Å². The van der Waals surface area contributed by atoms with Gasteiger partial charge in [0, 0.05) is 5.57 Å². The Morgan fingerprint density at radius 3 is 2.14 bits per heavy atom. The SMILES string of the molecule is C=C(CCCCS(=O)(=O)O)C(=O)O.N. The van der Waals surface area contributed by atoms with Gasteiger partial charge in [-0.05, 0) is 19.3 Å². The van der Waals surface area contributed by atoms with Crippen LogP contribution >= 0.6 is 0 Å². The smallest absolute Gasteiger partial charge is 0.330 e. The molecule has 0 amide bonds. The molecule has 6 nitrogen and oxygen atoms in total. The summed E-state index contributed by atoms with van der Waals surface area (Å²) >= 11 is 0. The molecule has 0 spiro atoms. The van der Waals surface area contributed by atoms with Crippen LogP contribution < -0.4 is 6.15 Å². The molecule has 84 valence electrons. The van der Waals surface area contributed by atoms with Gasteiger partial charge < -0.3 is 11.3 Å². The molecule has 0 radical (unpaired) electrons. The summed E-state index contributed by atoms with van der Waals surface area (Å²) in [5.74, 6) is -1.41. The summed E-state index contributed by atoms with van der Waals surface area (Å²) in [6.07, 6.45) is 0.876. The lowest BCUT2D eigenvalue weighted by molar-refractivity contribution is -0.132. The topological polar surface area (TPSA) is 127 Å². The molecule has 0 atom stereocenters. The predicted octanol–water partition coefficient (Wildman–Crippen LogP) is 0.847. The van der Waals surface area contributed by atoms with E-state index < -0.39 is 16.1 Å². The minimum absolute atomic E-state index is 0. The first kappa shape index (κ1) is 15.5. The molecular formula is C7H15NO5S. The second-order valence-electron chi connectivity index (χ2n) is 2.65. The minimum Gasteiger partial charge on any atom is -0.478 e. The molecule has 0 saturated heterocycles. The van der Waals surface area contributed by atoms with E-state index in [9.17, 15) is 13.2 Å². The van der Waals surface area contributed by atoms with Crippen molar-refractivity contribution in [3.63, 3.8) is 0 Å². The first-order valence-electron chi connectivity index (χ1n) is 3.69. The van der Waals surface area contributed by atoms with E-state index in [1.54, 1.807) is 0 Å². The van der Waals surface area contributed by atoms with Gasteiger partial charge in [-0.25, -0.2) is 4.79 Å². The Kier molecular flexibility index (Phi) is 7.24. The van der Waals surface area contributed by atoms with E-state index in [2.05, 4.69) is 6.58 Å². The van der Waals surface area contributed by atoms with Crippen molar-refractivity contribution in [3.05, 3.63) is 12.2 Å². The average molecular weight is 225 g/mol. The lowest BCUT2D eigenvalue weighted by Gasteiger charge is -1.98. The maximum Gasteiger partial charge on any atom is 0.330 e. The van der Waals surface area contributed by atoms with Crippen molar-refractivity contribution in [3.8, 4) is 0 Å². The summed E-state index contributed by atoms with van der Waals surface area (Å²) in [6, 6.07) is 0. The molecule has 0 saturated carbocycles. The largest absolute Gasteiger partial charge is 0.478 e. The molecule has 0 aliphatic carbocycles. The summed E-state index contributed by atoms with van der Waals surface area (Å²) in [5, 5.41) is 8.37. The second-order valence-corrected chi connectivity index (χ2v) is 4.22. The van der Waals surface area contributed by atoms with E-state index in [0.29, 0.717) is 6.42 Å². The van der Waals surface area contributed by atoms with Crippen LogP contribution in [0.1, 0.15) is 19.3 Å². The molecule has 0 aromatic carbocycles. The van der Waals surface area contributed by atoms with Gasteiger partial charge in [-0.3, -0.25) is 4.55 Å². The Morgan fingerprint density at radius 1 is 1.29 bits per heavy atom. The molecule has 0 aromatic heterocycles. The van der Waals surface area contributed by atoms with Gasteiger partial charge in [0.15, 0.2) is 0 Å². The monoisotopic (exact) mass is 225 g/mol. The van der Waals surface area contributed by atoms with Gasteiger partial charge in [0.25, 0.3) is 10.1 Å². The number of unbranched alkanes of at least 4 members (excludes halogenated alkanes) is 1. The van der Waals surface area contributed by atoms with Crippen molar-refractivity contribution >= 4 is 16.1 Å². The second kappa shape index (κ2) is 6.52. The fourth-order valence-corrected chi connectivity index (χ4v) is 1.30. The first-order chi connectivity index (χ1) is 5.83. The van der Waals surface area contributed by atoms with Gasteiger partial charge in [0.2, 0.25) is 0 Å². The molecule has 0 fully saturated rings. The van der Waals surface area contributed by atoms with Crippen LogP contribution in [-0.4, -0.2) is 29.8 Å². The van der Waals surface area contributed by atoms with Gasteiger partial charge in [-0.2, -0.15) is 8.42 Å². The number of aliphatic carboxylic acids is 1. The molecule has 5 N–H and O–H groups in total. The molecule has 0 aromatic rings. The lowest BCUT2D eigenvalue weighted by atomic mass is 10.1. The van der Waals surface area contributed by atoms with Crippen molar-refractivity contribution in [2.24, 2.45) is 0 Å². The normalized spacial score (nSPS) is 10.4. The van der Waals surface area contributed by atoms with Crippen molar-refractivity contribution in [1.82, 2.24) is 6.15 Å². The Hall–Kier alpha value is -0.920. The number of rotatable bonds is 6. The number of hydrogen-bond acceptors (Lipinski definition) is 4. The van der Waals surface area contributed by atoms with Crippen molar-refractivity contribution in [1.29, 1.82) is 0 Å². The zero-order valence-electron chi connectivity index (χ0n) is 7.77. The third-order valence-corrected chi connectivity index (χ3v) is 2.24. The van der Waals surface area contributed by atoms with E-state index in [1.165, 1.54) is 0 Å². The van der Waals surface area contributed by atoms with Crippen LogP contribution in [0, 0.1) is 0 Å². The van der Waals surface area contributed by atoms with E-state index in [0.717, 1.165) is 0 Å². The highest BCUT2D eigenvalue weighted by Crippen LogP contribution is 2.05. The molecule has 0 heterocycles. The maximum atomic E-state index is 10.2. The summed E-state index contributed by atoms with van der Waals surface area (Å²) in [7, 11) is -3.92. The number of carbonyl (C=O) groups is 1. The zero-order chi connectivity index (χ0) is 10.5. The molecule has 0 aliphatic heterocycles. The van der Waals surface area contributed by atoms with Crippen LogP contribution in [0.4, 0.5) is 0 Å². The summed E-state index contributed by atoms with van der Waals surface area (Å²) in [6.45, 7) is 3.28. The highest BCUT2D eigenvalue weighted by atomic mass is 32.2. The maximum absolute atomic E-state index is 10.2. The number of hydrogen-bond donors (Lipinski definition) is 3. The van der Waals surface area contributed by atoms with E-state index in [4.69, 9.17) is 9.66 Å².